The molecule has 0 amide bonds. The monoisotopic (exact) mass is 188 g/mol. The smallest absolute Gasteiger partial charge is 0.160 e. The third kappa shape index (κ3) is 0.813. The van der Waals surface area contributed by atoms with E-state index in [4.69, 9.17) is 0 Å². The molecule has 0 radical (unpaired) electrons. The fourth-order valence-corrected chi connectivity index (χ4v) is 3.29. The van der Waals surface area contributed by atoms with Crippen LogP contribution in [-0.2, 0) is 9.59 Å². The molecule has 0 aliphatic heterocycles. The predicted octanol–water partition coefficient (Wildman–Crippen LogP) is 1.52. The Morgan fingerprint density at radius 1 is 1.21 bits per heavy atom. The van der Waals surface area contributed by atoms with Crippen molar-refractivity contribution in [3.05, 3.63) is 23.8 Å². The molecule has 0 spiro atoms. The lowest BCUT2D eigenvalue weighted by molar-refractivity contribution is -0.126. The minimum atomic E-state index is -0.0267. The molecule has 3 rings (SSSR count). The van der Waals surface area contributed by atoms with Crippen molar-refractivity contribution in [3.63, 3.8) is 0 Å². The van der Waals surface area contributed by atoms with Gasteiger partial charge in [0.15, 0.2) is 11.6 Å². The van der Waals surface area contributed by atoms with Crippen molar-refractivity contribution in [2.75, 3.05) is 0 Å². The first-order valence-electron chi connectivity index (χ1n) is 5.12. The first kappa shape index (κ1) is 8.16. The zero-order valence-electron chi connectivity index (χ0n) is 8.07. The molecule has 3 aliphatic rings. The molecule has 0 N–H and O–H groups in total. The number of carbonyl (C=O) groups is 2. The molecule has 0 aromatic carbocycles. The summed E-state index contributed by atoms with van der Waals surface area (Å²) in [5.41, 5.74) is 1.18. The van der Waals surface area contributed by atoms with E-state index in [1.54, 1.807) is 12.2 Å². The van der Waals surface area contributed by atoms with Gasteiger partial charge in [-0.3, -0.25) is 9.59 Å². The Labute approximate surface area is 82.7 Å². The fourth-order valence-electron chi connectivity index (χ4n) is 3.29. The molecule has 1 fully saturated rings. The molecule has 14 heavy (non-hydrogen) atoms. The van der Waals surface area contributed by atoms with E-state index in [0.29, 0.717) is 11.8 Å². The van der Waals surface area contributed by atoms with Gasteiger partial charge in [0.2, 0.25) is 0 Å². The van der Waals surface area contributed by atoms with Crippen LogP contribution < -0.4 is 0 Å². The molecule has 72 valence electrons. The Morgan fingerprint density at radius 3 is 2.79 bits per heavy atom. The average Bonchev–Trinajstić information content (AvgIpc) is 2.71. The minimum absolute atomic E-state index is 0.0255. The van der Waals surface area contributed by atoms with Crippen LogP contribution in [0.15, 0.2) is 23.8 Å². The van der Waals surface area contributed by atoms with Crippen LogP contribution in [0.5, 0.6) is 0 Å². The van der Waals surface area contributed by atoms with Crippen LogP contribution in [0.25, 0.3) is 0 Å². The number of ketones is 2. The first-order chi connectivity index (χ1) is 6.68. The van der Waals surface area contributed by atoms with Gasteiger partial charge in [0.1, 0.15) is 0 Å². The Balaban J connectivity index is 2.02. The van der Waals surface area contributed by atoms with E-state index in [0.717, 1.165) is 6.42 Å². The molecule has 3 aliphatic carbocycles. The second kappa shape index (κ2) is 2.44. The van der Waals surface area contributed by atoms with Gasteiger partial charge in [-0.1, -0.05) is 11.6 Å². The van der Waals surface area contributed by atoms with Crippen LogP contribution in [0.4, 0.5) is 0 Å². The largest absolute Gasteiger partial charge is 0.295 e. The van der Waals surface area contributed by atoms with Gasteiger partial charge >= 0.3 is 0 Å². The van der Waals surface area contributed by atoms with Crippen LogP contribution in [0.1, 0.15) is 13.3 Å². The zero-order chi connectivity index (χ0) is 9.87. The van der Waals surface area contributed by atoms with Gasteiger partial charge in [-0.25, -0.2) is 0 Å². The molecule has 0 aromatic heterocycles. The minimum Gasteiger partial charge on any atom is -0.295 e. The van der Waals surface area contributed by atoms with Crippen molar-refractivity contribution in [3.8, 4) is 0 Å². The van der Waals surface area contributed by atoms with Gasteiger partial charge in [0.05, 0.1) is 0 Å². The normalized spacial score (nSPS) is 44.2. The first-order valence-corrected chi connectivity index (χ1v) is 5.12. The molecule has 0 aromatic rings. The lowest BCUT2D eigenvalue weighted by atomic mass is 9.86. The highest BCUT2D eigenvalue weighted by Gasteiger charge is 2.52. The van der Waals surface area contributed by atoms with Gasteiger partial charge in [0, 0.05) is 11.8 Å². The summed E-state index contributed by atoms with van der Waals surface area (Å²) >= 11 is 0. The number of allylic oxidation sites excluding steroid dienone is 4. The molecular formula is C12H12O2. The van der Waals surface area contributed by atoms with Crippen LogP contribution in [-0.4, -0.2) is 11.6 Å². The maximum absolute atomic E-state index is 11.7. The lowest BCUT2D eigenvalue weighted by Crippen LogP contribution is -2.24. The molecular weight excluding hydrogens is 176 g/mol. The van der Waals surface area contributed by atoms with E-state index >= 15 is 0 Å². The number of hydrogen-bond acceptors (Lipinski definition) is 2. The Morgan fingerprint density at radius 2 is 2.00 bits per heavy atom. The highest BCUT2D eigenvalue weighted by atomic mass is 16.1. The Bertz CT molecular complexity index is 389. The average molecular weight is 188 g/mol. The quantitative estimate of drug-likeness (QED) is 0.577. The number of carbonyl (C=O) groups excluding carboxylic acids is 2. The van der Waals surface area contributed by atoms with Crippen LogP contribution in [0, 0.1) is 23.7 Å². The van der Waals surface area contributed by atoms with E-state index in [9.17, 15) is 9.59 Å². The topological polar surface area (TPSA) is 34.1 Å². The number of rotatable bonds is 0. The highest BCUT2D eigenvalue weighted by Crippen LogP contribution is 2.51. The molecule has 2 heteroatoms. The van der Waals surface area contributed by atoms with Crippen molar-refractivity contribution in [1.29, 1.82) is 0 Å². The summed E-state index contributed by atoms with van der Waals surface area (Å²) < 4.78 is 0. The van der Waals surface area contributed by atoms with Gasteiger partial charge < -0.3 is 0 Å². The maximum atomic E-state index is 11.7. The van der Waals surface area contributed by atoms with Crippen molar-refractivity contribution in [1.82, 2.24) is 0 Å². The summed E-state index contributed by atoms with van der Waals surface area (Å²) in [4.78, 5) is 23.3. The van der Waals surface area contributed by atoms with Crippen LogP contribution in [0.2, 0.25) is 0 Å². The molecule has 0 heterocycles. The third-order valence-electron chi connectivity index (χ3n) is 3.93. The third-order valence-corrected chi connectivity index (χ3v) is 3.93. The van der Waals surface area contributed by atoms with Crippen molar-refractivity contribution in [2.45, 2.75) is 13.3 Å². The maximum Gasteiger partial charge on any atom is 0.160 e. The van der Waals surface area contributed by atoms with E-state index < -0.39 is 0 Å². The van der Waals surface area contributed by atoms with Crippen LogP contribution in [0.3, 0.4) is 0 Å². The number of hydrogen-bond donors (Lipinski definition) is 0. The summed E-state index contributed by atoms with van der Waals surface area (Å²) in [5.74, 6) is 0.983. The summed E-state index contributed by atoms with van der Waals surface area (Å²) in [6.45, 7) is 2.01. The van der Waals surface area contributed by atoms with Crippen molar-refractivity contribution >= 4 is 11.6 Å². The second-order valence-corrected chi connectivity index (χ2v) is 4.61. The van der Waals surface area contributed by atoms with E-state index in [-0.39, 0.29) is 23.4 Å². The fraction of sp³-hybridized carbons (Fsp3) is 0.500. The molecule has 0 unspecified atom stereocenters. The molecule has 0 bridgehead atoms. The van der Waals surface area contributed by atoms with E-state index in [1.165, 1.54) is 5.57 Å². The molecule has 1 saturated carbocycles. The highest BCUT2D eigenvalue weighted by molar-refractivity contribution is 6.04. The standard InChI is InChI=1S/C12H12O2/c1-6-4-10(14)12-8(6)5-7-2-3-9(13)11(7)12/h2-4,7-8,11-12H,5H2,1H3/t7-,8-,11+,12-/m0/s1. The SMILES string of the molecule is CC1=CC(=O)[C@H]2[C@H]3C(=O)C=C[C@H]3C[C@@H]12. The molecule has 4 atom stereocenters. The molecule has 0 saturated heterocycles. The second-order valence-electron chi connectivity index (χ2n) is 4.61. The Kier molecular flexibility index (Phi) is 1.42. The van der Waals surface area contributed by atoms with Crippen LogP contribution >= 0.6 is 0 Å². The van der Waals surface area contributed by atoms with E-state index in [2.05, 4.69) is 0 Å². The van der Waals surface area contributed by atoms with Gasteiger partial charge in [0.25, 0.3) is 0 Å². The van der Waals surface area contributed by atoms with Crippen molar-refractivity contribution < 1.29 is 9.59 Å². The van der Waals surface area contributed by atoms with E-state index in [1.807, 2.05) is 13.0 Å². The van der Waals surface area contributed by atoms with Crippen molar-refractivity contribution in [2.24, 2.45) is 23.7 Å². The van der Waals surface area contributed by atoms with Gasteiger partial charge in [-0.2, -0.15) is 0 Å². The summed E-state index contributed by atoms with van der Waals surface area (Å²) in [6.07, 6.45) is 6.38. The Hall–Kier alpha value is -1.18. The summed E-state index contributed by atoms with van der Waals surface area (Å²) in [5, 5.41) is 0. The molecule has 2 nitrogen and oxygen atoms in total. The van der Waals surface area contributed by atoms with Gasteiger partial charge in [-0.15, -0.1) is 0 Å². The van der Waals surface area contributed by atoms with Gasteiger partial charge in [-0.05, 0) is 37.3 Å². The lowest BCUT2D eigenvalue weighted by Gasteiger charge is -2.14. The summed E-state index contributed by atoms with van der Waals surface area (Å²) in [7, 11) is 0. The number of fused-ring (bicyclic) bond motifs is 3. The predicted molar refractivity (Wildman–Crippen MR) is 51.5 cm³/mol. The summed E-state index contributed by atoms with van der Waals surface area (Å²) in [6, 6.07) is 0. The zero-order valence-corrected chi connectivity index (χ0v) is 8.07.